The number of ether oxygens (including phenoxy) is 1. The van der Waals surface area contributed by atoms with Crippen LogP contribution >= 0.6 is 0 Å². The fraction of sp³-hybridized carbons (Fsp3) is 0.615. The second-order valence-corrected chi connectivity index (χ2v) is 4.32. The lowest BCUT2D eigenvalue weighted by molar-refractivity contribution is 0.203. The predicted molar refractivity (Wildman–Crippen MR) is 72.7 cm³/mol. The molecular weight excluding hydrogens is 252 g/mol. The fourth-order valence-corrected chi connectivity index (χ4v) is 1.78. The van der Waals surface area contributed by atoms with Crippen molar-refractivity contribution in [3.63, 3.8) is 0 Å². The normalized spacial score (nSPS) is 12.3. The highest BCUT2D eigenvalue weighted by molar-refractivity contribution is 5.49. The van der Waals surface area contributed by atoms with Crippen molar-refractivity contribution in [1.29, 1.82) is 0 Å². The Hall–Kier alpha value is -1.43. The zero-order chi connectivity index (χ0) is 14.4. The molecule has 0 aliphatic heterocycles. The second kappa shape index (κ2) is 7.23. The summed E-state index contributed by atoms with van der Waals surface area (Å²) in [5.41, 5.74) is 0. The molecule has 1 aromatic heterocycles. The Morgan fingerprint density at radius 1 is 1.42 bits per heavy atom. The summed E-state index contributed by atoms with van der Waals surface area (Å²) in [6.45, 7) is 4.94. The summed E-state index contributed by atoms with van der Waals surface area (Å²) in [5.74, 6) is -1.16. The van der Waals surface area contributed by atoms with Gasteiger partial charge in [0.2, 0.25) is 0 Å². The number of halogens is 2. The highest BCUT2D eigenvalue weighted by atomic mass is 19.1. The van der Waals surface area contributed by atoms with Crippen LogP contribution in [0.1, 0.15) is 20.3 Å². The van der Waals surface area contributed by atoms with Crippen molar-refractivity contribution < 1.29 is 13.5 Å². The zero-order valence-corrected chi connectivity index (χ0v) is 11.8. The summed E-state index contributed by atoms with van der Waals surface area (Å²) < 4.78 is 32.4. The highest BCUT2D eigenvalue weighted by Gasteiger charge is 2.20. The molecule has 1 atom stereocenters. The van der Waals surface area contributed by atoms with Gasteiger partial charge in [0.15, 0.2) is 23.3 Å². The van der Waals surface area contributed by atoms with Crippen molar-refractivity contribution in [2.75, 3.05) is 37.5 Å². The Labute approximate surface area is 112 Å². The van der Waals surface area contributed by atoms with Gasteiger partial charge in [-0.3, -0.25) is 0 Å². The largest absolute Gasteiger partial charge is 0.383 e. The summed E-state index contributed by atoms with van der Waals surface area (Å²) in [7, 11) is 3.14. The van der Waals surface area contributed by atoms with Gasteiger partial charge in [0.05, 0.1) is 6.61 Å². The monoisotopic (exact) mass is 273 g/mol. The molecule has 0 saturated heterocycles. The van der Waals surface area contributed by atoms with Crippen molar-refractivity contribution in [3.05, 3.63) is 17.7 Å². The maximum Gasteiger partial charge on any atom is 0.168 e. The van der Waals surface area contributed by atoms with E-state index in [-0.39, 0.29) is 17.7 Å². The molecule has 6 heteroatoms. The Morgan fingerprint density at radius 3 is 2.63 bits per heavy atom. The molecule has 1 aromatic rings. The van der Waals surface area contributed by atoms with E-state index >= 15 is 0 Å². The van der Waals surface area contributed by atoms with Gasteiger partial charge in [-0.25, -0.2) is 13.8 Å². The van der Waals surface area contributed by atoms with Crippen LogP contribution in [-0.4, -0.2) is 38.3 Å². The van der Waals surface area contributed by atoms with Gasteiger partial charge in [-0.05, 0) is 13.3 Å². The van der Waals surface area contributed by atoms with Crippen LogP contribution in [0.2, 0.25) is 0 Å². The van der Waals surface area contributed by atoms with Gasteiger partial charge >= 0.3 is 0 Å². The summed E-state index contributed by atoms with van der Waals surface area (Å²) in [5, 5.41) is 2.62. The Kier molecular flexibility index (Phi) is 5.95. The van der Waals surface area contributed by atoms with Crippen molar-refractivity contribution >= 4 is 11.6 Å². The van der Waals surface area contributed by atoms with Crippen LogP contribution in [0, 0.1) is 11.6 Å². The third-order valence-electron chi connectivity index (χ3n) is 3.08. The summed E-state index contributed by atoms with van der Waals surface area (Å²) in [6, 6.07) is 0.948. The van der Waals surface area contributed by atoms with Gasteiger partial charge in [0.1, 0.15) is 0 Å². The van der Waals surface area contributed by atoms with Gasteiger partial charge in [0.25, 0.3) is 0 Å². The SMILES string of the molecule is CCC(C)N(CCOC)c1nc(NC)c(F)cc1F. The number of aromatic nitrogens is 1. The van der Waals surface area contributed by atoms with E-state index in [9.17, 15) is 8.78 Å². The molecule has 0 aliphatic rings. The van der Waals surface area contributed by atoms with Crippen LogP contribution < -0.4 is 10.2 Å². The maximum atomic E-state index is 13.9. The molecule has 0 radical (unpaired) electrons. The lowest BCUT2D eigenvalue weighted by Crippen LogP contribution is -2.37. The molecule has 1 unspecified atom stereocenters. The van der Waals surface area contributed by atoms with Gasteiger partial charge in [-0.2, -0.15) is 0 Å². The Morgan fingerprint density at radius 2 is 2.11 bits per heavy atom. The summed E-state index contributed by atoms with van der Waals surface area (Å²) in [4.78, 5) is 5.81. The molecule has 4 nitrogen and oxygen atoms in total. The van der Waals surface area contributed by atoms with Crippen LogP contribution in [0.3, 0.4) is 0 Å². The molecule has 1 rings (SSSR count). The first-order valence-electron chi connectivity index (χ1n) is 6.34. The summed E-state index contributed by atoms with van der Waals surface area (Å²) >= 11 is 0. The lowest BCUT2D eigenvalue weighted by Gasteiger charge is -2.30. The van der Waals surface area contributed by atoms with E-state index in [0.717, 1.165) is 12.5 Å². The van der Waals surface area contributed by atoms with E-state index in [2.05, 4.69) is 10.3 Å². The van der Waals surface area contributed by atoms with E-state index in [1.165, 1.54) is 0 Å². The van der Waals surface area contributed by atoms with Crippen molar-refractivity contribution in [2.24, 2.45) is 0 Å². The number of rotatable bonds is 7. The molecule has 108 valence electrons. The predicted octanol–water partition coefficient (Wildman–Crippen LogP) is 2.65. The lowest BCUT2D eigenvalue weighted by atomic mass is 10.2. The number of nitrogens with zero attached hydrogens (tertiary/aromatic N) is 2. The first kappa shape index (κ1) is 15.6. The molecule has 0 amide bonds. The number of methoxy groups -OCH3 is 1. The van der Waals surface area contributed by atoms with Gasteiger partial charge in [-0.1, -0.05) is 6.92 Å². The quantitative estimate of drug-likeness (QED) is 0.828. The van der Waals surface area contributed by atoms with E-state index in [0.29, 0.717) is 13.2 Å². The van der Waals surface area contributed by atoms with Gasteiger partial charge < -0.3 is 15.0 Å². The number of hydrogen-bond donors (Lipinski definition) is 1. The average molecular weight is 273 g/mol. The third-order valence-corrected chi connectivity index (χ3v) is 3.08. The van der Waals surface area contributed by atoms with Gasteiger partial charge in [-0.15, -0.1) is 0 Å². The smallest absolute Gasteiger partial charge is 0.168 e. The first-order valence-corrected chi connectivity index (χ1v) is 6.34. The van der Waals surface area contributed by atoms with Crippen LogP contribution in [0.5, 0.6) is 0 Å². The Bertz CT molecular complexity index is 415. The third kappa shape index (κ3) is 3.76. The van der Waals surface area contributed by atoms with Crippen LogP contribution in [0.15, 0.2) is 6.07 Å². The molecule has 0 aliphatic carbocycles. The van der Waals surface area contributed by atoms with Crippen LogP contribution in [0.4, 0.5) is 20.4 Å². The molecule has 0 fully saturated rings. The van der Waals surface area contributed by atoms with E-state index < -0.39 is 11.6 Å². The molecule has 1 heterocycles. The molecule has 1 N–H and O–H groups in total. The van der Waals surface area contributed by atoms with Crippen LogP contribution in [-0.2, 0) is 4.74 Å². The minimum absolute atomic E-state index is 0.0436. The zero-order valence-electron chi connectivity index (χ0n) is 11.8. The number of pyridine rings is 1. The van der Waals surface area contributed by atoms with E-state index in [4.69, 9.17) is 4.74 Å². The summed E-state index contributed by atoms with van der Waals surface area (Å²) in [6.07, 6.45) is 0.830. The average Bonchev–Trinajstić information content (AvgIpc) is 2.40. The molecule has 0 aromatic carbocycles. The topological polar surface area (TPSA) is 37.4 Å². The van der Waals surface area contributed by atoms with Crippen LogP contribution in [0.25, 0.3) is 0 Å². The molecule has 0 spiro atoms. The minimum atomic E-state index is -0.695. The second-order valence-electron chi connectivity index (χ2n) is 4.32. The van der Waals surface area contributed by atoms with Crippen molar-refractivity contribution in [3.8, 4) is 0 Å². The number of anilines is 2. The molecule has 0 bridgehead atoms. The fourth-order valence-electron chi connectivity index (χ4n) is 1.78. The molecular formula is C13H21F2N3O. The molecule has 0 saturated carbocycles. The Balaban J connectivity index is 3.13. The van der Waals surface area contributed by atoms with Crippen molar-refractivity contribution in [2.45, 2.75) is 26.3 Å². The van der Waals surface area contributed by atoms with E-state index in [1.54, 1.807) is 19.1 Å². The maximum absolute atomic E-state index is 13.9. The molecule has 19 heavy (non-hydrogen) atoms. The highest BCUT2D eigenvalue weighted by Crippen LogP contribution is 2.24. The van der Waals surface area contributed by atoms with Gasteiger partial charge in [0, 0.05) is 32.8 Å². The number of hydrogen-bond acceptors (Lipinski definition) is 4. The minimum Gasteiger partial charge on any atom is -0.383 e. The van der Waals surface area contributed by atoms with Crippen molar-refractivity contribution in [1.82, 2.24) is 4.98 Å². The van der Waals surface area contributed by atoms with E-state index in [1.807, 2.05) is 13.8 Å². The first-order chi connectivity index (χ1) is 9.04. The standard InChI is InChI=1S/C13H21F2N3O/c1-5-9(2)18(6-7-19-4)13-11(15)8-10(14)12(16-3)17-13/h8-9H,5-7H2,1-4H3,(H,16,17). The number of nitrogens with one attached hydrogen (secondary N) is 1.